The number of halogens is 2. The maximum Gasteiger partial charge on any atom is 0.238 e. The highest BCUT2D eigenvalue weighted by atomic mass is 35.5. The molecule has 1 aromatic carbocycles. The van der Waals surface area contributed by atoms with Crippen molar-refractivity contribution in [3.63, 3.8) is 0 Å². The lowest BCUT2D eigenvalue weighted by atomic mass is 10.3. The topological polar surface area (TPSA) is 61.4 Å². The van der Waals surface area contributed by atoms with Crippen molar-refractivity contribution in [3.8, 4) is 0 Å². The standard InChI is InChI=1S/C14H19Cl2N3O2/c1-3-17-12(20)8-19(4-2)9-13(21)18-11-7-5-6-10(15)14(11)16/h5-7H,3-4,8-9H2,1-2H3,(H,17,20)(H,18,21). The highest BCUT2D eigenvalue weighted by Gasteiger charge is 2.14. The average Bonchev–Trinajstić information content (AvgIpc) is 2.43. The van der Waals surface area contributed by atoms with Gasteiger partial charge in [0, 0.05) is 6.54 Å². The van der Waals surface area contributed by atoms with Crippen LogP contribution in [0, 0.1) is 0 Å². The molecular weight excluding hydrogens is 313 g/mol. The quantitative estimate of drug-likeness (QED) is 0.806. The number of nitrogens with zero attached hydrogens (tertiary/aromatic N) is 1. The van der Waals surface area contributed by atoms with Crippen LogP contribution in [-0.4, -0.2) is 42.9 Å². The minimum Gasteiger partial charge on any atom is -0.355 e. The second-order valence-electron chi connectivity index (χ2n) is 4.41. The van der Waals surface area contributed by atoms with Crippen LogP contribution in [0.1, 0.15) is 13.8 Å². The van der Waals surface area contributed by atoms with Gasteiger partial charge in [0.2, 0.25) is 11.8 Å². The Labute approximate surface area is 134 Å². The summed E-state index contributed by atoms with van der Waals surface area (Å²) in [4.78, 5) is 25.3. The van der Waals surface area contributed by atoms with E-state index < -0.39 is 0 Å². The third-order valence-corrected chi connectivity index (χ3v) is 3.60. The van der Waals surface area contributed by atoms with E-state index in [0.29, 0.717) is 28.8 Å². The van der Waals surface area contributed by atoms with E-state index in [1.807, 2.05) is 13.8 Å². The van der Waals surface area contributed by atoms with Crippen molar-refractivity contribution in [2.24, 2.45) is 0 Å². The third kappa shape index (κ3) is 5.91. The first-order valence-electron chi connectivity index (χ1n) is 6.70. The van der Waals surface area contributed by atoms with Crippen molar-refractivity contribution < 1.29 is 9.59 Å². The lowest BCUT2D eigenvalue weighted by Crippen LogP contribution is -2.41. The smallest absolute Gasteiger partial charge is 0.238 e. The number of nitrogens with one attached hydrogen (secondary N) is 2. The molecule has 0 bridgehead atoms. The molecular formula is C14H19Cl2N3O2. The molecule has 7 heteroatoms. The van der Waals surface area contributed by atoms with Gasteiger partial charge in [-0.25, -0.2) is 0 Å². The van der Waals surface area contributed by atoms with Gasteiger partial charge in [-0.15, -0.1) is 0 Å². The zero-order valence-electron chi connectivity index (χ0n) is 12.1. The van der Waals surface area contributed by atoms with Crippen LogP contribution in [0.3, 0.4) is 0 Å². The van der Waals surface area contributed by atoms with Gasteiger partial charge in [-0.05, 0) is 25.6 Å². The average molecular weight is 332 g/mol. The van der Waals surface area contributed by atoms with Crippen molar-refractivity contribution in [1.82, 2.24) is 10.2 Å². The molecule has 0 aliphatic rings. The fourth-order valence-electron chi connectivity index (χ4n) is 1.73. The molecule has 0 saturated carbocycles. The van der Waals surface area contributed by atoms with Crippen LogP contribution in [0.5, 0.6) is 0 Å². The molecule has 2 amide bonds. The van der Waals surface area contributed by atoms with Gasteiger partial charge >= 0.3 is 0 Å². The Kier molecular flexibility index (Phi) is 7.50. The van der Waals surface area contributed by atoms with E-state index in [0.717, 1.165) is 0 Å². The van der Waals surface area contributed by atoms with Gasteiger partial charge in [0.25, 0.3) is 0 Å². The summed E-state index contributed by atoms with van der Waals surface area (Å²) >= 11 is 11.9. The third-order valence-electron chi connectivity index (χ3n) is 2.78. The summed E-state index contributed by atoms with van der Waals surface area (Å²) in [6.45, 7) is 5.19. The number of anilines is 1. The zero-order chi connectivity index (χ0) is 15.8. The highest BCUT2D eigenvalue weighted by molar-refractivity contribution is 6.43. The van der Waals surface area contributed by atoms with Crippen molar-refractivity contribution in [2.75, 3.05) is 31.5 Å². The summed E-state index contributed by atoms with van der Waals surface area (Å²) in [6, 6.07) is 5.02. The van der Waals surface area contributed by atoms with Gasteiger partial charge in [0.1, 0.15) is 0 Å². The van der Waals surface area contributed by atoms with Crippen molar-refractivity contribution >= 4 is 40.7 Å². The fourth-order valence-corrected chi connectivity index (χ4v) is 2.08. The number of amides is 2. The van der Waals surface area contributed by atoms with Gasteiger partial charge in [0.05, 0.1) is 28.8 Å². The molecule has 21 heavy (non-hydrogen) atoms. The molecule has 0 unspecified atom stereocenters. The van der Waals surface area contributed by atoms with E-state index in [1.165, 1.54) is 0 Å². The molecule has 0 atom stereocenters. The Balaban J connectivity index is 2.58. The molecule has 0 spiro atoms. The van der Waals surface area contributed by atoms with E-state index in [9.17, 15) is 9.59 Å². The molecule has 0 saturated heterocycles. The van der Waals surface area contributed by atoms with E-state index in [-0.39, 0.29) is 24.9 Å². The molecule has 0 aliphatic carbocycles. The van der Waals surface area contributed by atoms with Gasteiger partial charge < -0.3 is 10.6 Å². The Morgan fingerprint density at radius 2 is 1.81 bits per heavy atom. The molecule has 0 heterocycles. The summed E-state index contributed by atoms with van der Waals surface area (Å²) in [5, 5.41) is 6.08. The zero-order valence-corrected chi connectivity index (χ0v) is 13.6. The Bertz CT molecular complexity index is 509. The molecule has 0 aromatic heterocycles. The van der Waals surface area contributed by atoms with Crippen molar-refractivity contribution in [3.05, 3.63) is 28.2 Å². The number of likely N-dealkylation sites (N-methyl/N-ethyl adjacent to an activating group) is 2. The van der Waals surface area contributed by atoms with Gasteiger partial charge in [-0.3, -0.25) is 14.5 Å². The normalized spacial score (nSPS) is 10.5. The SMILES string of the molecule is CCNC(=O)CN(CC)CC(=O)Nc1cccc(Cl)c1Cl. The van der Waals surface area contributed by atoms with Crippen LogP contribution >= 0.6 is 23.2 Å². The van der Waals surface area contributed by atoms with Crippen LogP contribution in [0.15, 0.2) is 18.2 Å². The van der Waals surface area contributed by atoms with E-state index >= 15 is 0 Å². The number of hydrogen-bond donors (Lipinski definition) is 2. The van der Waals surface area contributed by atoms with E-state index in [4.69, 9.17) is 23.2 Å². The Morgan fingerprint density at radius 1 is 1.14 bits per heavy atom. The maximum atomic E-state index is 12.0. The van der Waals surface area contributed by atoms with Gasteiger partial charge in [-0.1, -0.05) is 36.2 Å². The second kappa shape index (κ2) is 8.87. The number of benzene rings is 1. The minimum absolute atomic E-state index is 0.104. The van der Waals surface area contributed by atoms with Gasteiger partial charge in [0.15, 0.2) is 0 Å². The number of carbonyl (C=O) groups is 2. The Hall–Kier alpha value is -1.30. The van der Waals surface area contributed by atoms with E-state index in [1.54, 1.807) is 23.1 Å². The molecule has 0 aliphatic heterocycles. The lowest BCUT2D eigenvalue weighted by Gasteiger charge is -2.19. The number of hydrogen-bond acceptors (Lipinski definition) is 3. The molecule has 116 valence electrons. The first-order chi connectivity index (χ1) is 9.97. The number of rotatable bonds is 7. The van der Waals surface area contributed by atoms with Crippen LogP contribution in [-0.2, 0) is 9.59 Å². The summed E-state index contributed by atoms with van der Waals surface area (Å²) in [7, 11) is 0. The van der Waals surface area contributed by atoms with Gasteiger partial charge in [-0.2, -0.15) is 0 Å². The predicted molar refractivity (Wildman–Crippen MR) is 85.9 cm³/mol. The summed E-state index contributed by atoms with van der Waals surface area (Å²) in [6.07, 6.45) is 0. The summed E-state index contributed by atoms with van der Waals surface area (Å²) in [5.41, 5.74) is 0.461. The monoisotopic (exact) mass is 331 g/mol. The molecule has 5 nitrogen and oxygen atoms in total. The summed E-state index contributed by atoms with van der Waals surface area (Å²) in [5.74, 6) is -0.349. The molecule has 2 N–H and O–H groups in total. The van der Waals surface area contributed by atoms with Crippen molar-refractivity contribution in [2.45, 2.75) is 13.8 Å². The van der Waals surface area contributed by atoms with Crippen LogP contribution in [0.2, 0.25) is 10.0 Å². The van der Waals surface area contributed by atoms with Crippen LogP contribution in [0.25, 0.3) is 0 Å². The molecule has 0 fully saturated rings. The summed E-state index contributed by atoms with van der Waals surface area (Å²) < 4.78 is 0. The Morgan fingerprint density at radius 3 is 2.43 bits per heavy atom. The largest absolute Gasteiger partial charge is 0.355 e. The maximum absolute atomic E-state index is 12.0. The van der Waals surface area contributed by atoms with Crippen LogP contribution < -0.4 is 10.6 Å². The molecule has 1 rings (SSSR count). The number of carbonyl (C=O) groups excluding carboxylic acids is 2. The van der Waals surface area contributed by atoms with Crippen LogP contribution in [0.4, 0.5) is 5.69 Å². The first kappa shape index (κ1) is 17.8. The van der Waals surface area contributed by atoms with E-state index in [2.05, 4.69) is 10.6 Å². The predicted octanol–water partition coefficient (Wildman–Crippen LogP) is 2.39. The van der Waals surface area contributed by atoms with Crippen molar-refractivity contribution in [1.29, 1.82) is 0 Å². The molecule has 1 aromatic rings. The first-order valence-corrected chi connectivity index (χ1v) is 7.46. The fraction of sp³-hybridized carbons (Fsp3) is 0.429. The highest BCUT2D eigenvalue weighted by Crippen LogP contribution is 2.29. The minimum atomic E-state index is -0.245. The second-order valence-corrected chi connectivity index (χ2v) is 5.19. The molecule has 0 radical (unpaired) electrons. The lowest BCUT2D eigenvalue weighted by molar-refractivity contribution is -0.123.